The molecule has 3 atom stereocenters. The Morgan fingerprint density at radius 2 is 1.12 bits per heavy atom. The number of carbonyl (C=O) groups is 3. The van der Waals surface area contributed by atoms with Crippen LogP contribution in [-0.2, 0) is 38.6 Å². The lowest BCUT2D eigenvalue weighted by molar-refractivity contribution is -0.147. The highest BCUT2D eigenvalue weighted by Gasteiger charge is 2.52. The van der Waals surface area contributed by atoms with Crippen molar-refractivity contribution in [2.24, 2.45) is 0 Å². The molecular formula is C31H33N3O6. The van der Waals surface area contributed by atoms with Crippen molar-refractivity contribution in [2.45, 2.75) is 44.2 Å². The Kier molecular flexibility index (Phi) is 8.61. The summed E-state index contributed by atoms with van der Waals surface area (Å²) in [5, 5.41) is 2.75. The predicted molar refractivity (Wildman–Crippen MR) is 147 cm³/mol. The first-order valence-electron chi connectivity index (χ1n) is 13.4. The molecule has 2 bridgehead atoms. The molecule has 0 saturated carbocycles. The minimum absolute atomic E-state index is 0.0724. The Bertz CT molecular complexity index is 1220. The highest BCUT2D eigenvalue weighted by atomic mass is 16.6. The number of carbonyl (C=O) groups excluding carboxylic acids is 3. The lowest BCUT2D eigenvalue weighted by Crippen LogP contribution is -2.52. The maximum atomic E-state index is 13.5. The summed E-state index contributed by atoms with van der Waals surface area (Å²) >= 11 is 0. The third-order valence-corrected chi connectivity index (χ3v) is 7.33. The lowest BCUT2D eigenvalue weighted by atomic mass is 9.98. The van der Waals surface area contributed by atoms with Crippen molar-refractivity contribution >= 4 is 18.2 Å². The van der Waals surface area contributed by atoms with E-state index in [4.69, 9.17) is 14.2 Å². The first kappa shape index (κ1) is 27.2. The lowest BCUT2D eigenvalue weighted by Gasteiger charge is -2.35. The minimum atomic E-state index is -0.632. The number of piperidine rings is 1. The molecule has 2 heterocycles. The number of amides is 2. The van der Waals surface area contributed by atoms with Gasteiger partial charge in [-0.05, 0) is 29.5 Å². The number of hydrazine groups is 1. The Balaban J connectivity index is 1.36. The van der Waals surface area contributed by atoms with Crippen molar-refractivity contribution in [3.63, 3.8) is 0 Å². The highest BCUT2D eigenvalue weighted by molar-refractivity contribution is 5.77. The van der Waals surface area contributed by atoms with Crippen LogP contribution in [0.5, 0.6) is 0 Å². The fraction of sp³-hybridized carbons (Fsp3) is 0.323. The summed E-state index contributed by atoms with van der Waals surface area (Å²) in [7, 11) is 1.37. The van der Waals surface area contributed by atoms with E-state index in [9.17, 15) is 14.4 Å². The van der Waals surface area contributed by atoms with E-state index in [-0.39, 0.29) is 31.3 Å². The van der Waals surface area contributed by atoms with E-state index < -0.39 is 18.2 Å². The Hall–Kier alpha value is -4.37. The molecule has 0 aliphatic carbocycles. The van der Waals surface area contributed by atoms with E-state index in [0.29, 0.717) is 25.9 Å². The molecule has 9 heteroatoms. The zero-order valence-electron chi connectivity index (χ0n) is 22.4. The minimum Gasteiger partial charge on any atom is -0.468 e. The maximum Gasteiger partial charge on any atom is 0.429 e. The number of fused-ring (bicyclic) bond motifs is 2. The summed E-state index contributed by atoms with van der Waals surface area (Å²) < 4.78 is 16.5. The zero-order chi connectivity index (χ0) is 27.9. The molecule has 2 amide bonds. The maximum absolute atomic E-state index is 13.5. The molecule has 0 radical (unpaired) electrons. The number of methoxy groups -OCH3 is 1. The Morgan fingerprint density at radius 3 is 1.55 bits per heavy atom. The molecule has 3 aromatic carbocycles. The summed E-state index contributed by atoms with van der Waals surface area (Å²) in [4.78, 5) is 41.8. The van der Waals surface area contributed by atoms with Crippen LogP contribution in [0.3, 0.4) is 0 Å². The monoisotopic (exact) mass is 543 g/mol. The summed E-state index contributed by atoms with van der Waals surface area (Å²) in [6.07, 6.45) is -0.263. The van der Waals surface area contributed by atoms with Gasteiger partial charge in [-0.25, -0.2) is 19.6 Å². The number of esters is 1. The Labute approximate surface area is 233 Å². The first-order chi connectivity index (χ1) is 19.5. The molecule has 0 aromatic heterocycles. The van der Waals surface area contributed by atoms with Crippen molar-refractivity contribution < 1.29 is 28.6 Å². The van der Waals surface area contributed by atoms with Crippen LogP contribution in [0.2, 0.25) is 0 Å². The molecule has 2 aliphatic rings. The van der Waals surface area contributed by atoms with Gasteiger partial charge in [-0.15, -0.1) is 0 Å². The number of nitrogens with zero attached hydrogens (tertiary/aromatic N) is 3. The van der Waals surface area contributed by atoms with Gasteiger partial charge in [-0.3, -0.25) is 9.69 Å². The molecule has 2 saturated heterocycles. The standard InChI is InChI=1S/C31H33N3O6/c1-38-29(35)28(17-23-11-5-2-6-12-23)32-19-26-18-27(20-32)34(31(37)40-22-25-15-9-4-10-16-25)33(26)30(36)39-21-24-13-7-3-8-14-24/h2-16,26-28H,17-22H2,1H3/t26-,27+,28-/m1/s1. The van der Waals surface area contributed by atoms with Crippen LogP contribution in [0.25, 0.3) is 0 Å². The number of rotatable bonds is 8. The highest BCUT2D eigenvalue weighted by Crippen LogP contribution is 2.34. The summed E-state index contributed by atoms with van der Waals surface area (Å²) in [5.74, 6) is -0.360. The topological polar surface area (TPSA) is 88.6 Å². The fourth-order valence-electron chi connectivity index (χ4n) is 5.42. The summed E-state index contributed by atoms with van der Waals surface area (Å²) in [5.41, 5.74) is 2.67. The van der Waals surface area contributed by atoms with Crippen molar-refractivity contribution in [1.82, 2.24) is 14.9 Å². The van der Waals surface area contributed by atoms with E-state index in [1.165, 1.54) is 17.1 Å². The van der Waals surface area contributed by atoms with Crippen LogP contribution in [0, 0.1) is 0 Å². The summed E-state index contributed by atoms with van der Waals surface area (Å²) in [6.45, 7) is 0.907. The van der Waals surface area contributed by atoms with Gasteiger partial charge >= 0.3 is 18.2 Å². The Morgan fingerprint density at radius 1 is 0.700 bits per heavy atom. The molecule has 0 unspecified atom stereocenters. The largest absolute Gasteiger partial charge is 0.468 e. The van der Waals surface area contributed by atoms with Crippen LogP contribution in [-0.4, -0.2) is 71.4 Å². The first-order valence-corrected chi connectivity index (χ1v) is 13.4. The van der Waals surface area contributed by atoms with Gasteiger partial charge in [0.15, 0.2) is 0 Å². The molecule has 0 N–H and O–H groups in total. The van der Waals surface area contributed by atoms with Crippen molar-refractivity contribution in [3.05, 3.63) is 108 Å². The van der Waals surface area contributed by atoms with Gasteiger partial charge in [0.05, 0.1) is 19.2 Å². The molecular weight excluding hydrogens is 510 g/mol. The third kappa shape index (κ3) is 6.26. The smallest absolute Gasteiger partial charge is 0.429 e. The molecule has 2 aliphatic heterocycles. The van der Waals surface area contributed by atoms with E-state index in [1.807, 2.05) is 95.9 Å². The average molecular weight is 544 g/mol. The van der Waals surface area contributed by atoms with Gasteiger partial charge in [0.25, 0.3) is 0 Å². The molecule has 0 spiro atoms. The molecule has 2 fully saturated rings. The quantitative estimate of drug-likeness (QED) is 0.307. The second-order valence-electron chi connectivity index (χ2n) is 10.00. The molecule has 5 rings (SSSR count). The predicted octanol–water partition coefficient (Wildman–Crippen LogP) is 4.42. The van der Waals surface area contributed by atoms with E-state index in [0.717, 1.165) is 16.7 Å². The van der Waals surface area contributed by atoms with Crippen molar-refractivity contribution in [3.8, 4) is 0 Å². The second-order valence-corrected chi connectivity index (χ2v) is 10.00. The number of ether oxygens (including phenoxy) is 3. The average Bonchev–Trinajstić information content (AvgIpc) is 3.27. The van der Waals surface area contributed by atoms with Gasteiger partial charge in [0.1, 0.15) is 19.3 Å². The van der Waals surface area contributed by atoms with Crippen molar-refractivity contribution in [1.29, 1.82) is 0 Å². The fourth-order valence-corrected chi connectivity index (χ4v) is 5.42. The normalized spacial score (nSPS) is 19.1. The van der Waals surface area contributed by atoms with Crippen LogP contribution in [0.4, 0.5) is 9.59 Å². The number of likely N-dealkylation sites (tertiary alicyclic amines) is 1. The third-order valence-electron chi connectivity index (χ3n) is 7.33. The molecule has 208 valence electrons. The van der Waals surface area contributed by atoms with Gasteiger partial charge in [0, 0.05) is 13.1 Å². The number of benzene rings is 3. The molecule has 3 aromatic rings. The van der Waals surface area contributed by atoms with Crippen molar-refractivity contribution in [2.75, 3.05) is 20.2 Å². The van der Waals surface area contributed by atoms with Crippen LogP contribution in [0.1, 0.15) is 23.1 Å². The van der Waals surface area contributed by atoms with Crippen LogP contribution >= 0.6 is 0 Å². The molecule has 40 heavy (non-hydrogen) atoms. The SMILES string of the molecule is COC(=O)[C@@H](Cc1ccccc1)N1C[C@H]2C[C@@H](C1)N(C(=O)OCc1ccccc1)N2C(=O)OCc1ccccc1. The summed E-state index contributed by atoms with van der Waals surface area (Å²) in [6, 6.07) is 27.1. The zero-order valence-corrected chi connectivity index (χ0v) is 22.4. The number of hydrogen-bond donors (Lipinski definition) is 0. The van der Waals surface area contributed by atoms with Gasteiger partial charge in [0.2, 0.25) is 0 Å². The van der Waals surface area contributed by atoms with E-state index in [2.05, 4.69) is 0 Å². The van der Waals surface area contributed by atoms with Gasteiger partial charge < -0.3 is 14.2 Å². The van der Waals surface area contributed by atoms with Crippen LogP contribution in [0.15, 0.2) is 91.0 Å². The second kappa shape index (κ2) is 12.7. The van der Waals surface area contributed by atoms with Gasteiger partial charge in [-0.2, -0.15) is 0 Å². The van der Waals surface area contributed by atoms with E-state index in [1.54, 1.807) is 0 Å². The van der Waals surface area contributed by atoms with E-state index >= 15 is 0 Å². The number of hydrogen-bond acceptors (Lipinski definition) is 7. The van der Waals surface area contributed by atoms with Gasteiger partial charge in [-0.1, -0.05) is 91.0 Å². The molecule has 9 nitrogen and oxygen atoms in total. The van der Waals surface area contributed by atoms with Crippen LogP contribution < -0.4 is 0 Å².